The Hall–Kier alpha value is -8.13. The maximum Gasteiger partial charge on any atom is 0.414 e. The minimum Gasteiger partial charge on any atom is -0.496 e. The van der Waals surface area contributed by atoms with Crippen molar-refractivity contribution in [3.05, 3.63) is 130 Å². The van der Waals surface area contributed by atoms with Gasteiger partial charge in [0.2, 0.25) is 5.95 Å². The van der Waals surface area contributed by atoms with Gasteiger partial charge >= 0.3 is 18.0 Å². The van der Waals surface area contributed by atoms with Crippen LogP contribution in [0.1, 0.15) is 64.8 Å². The van der Waals surface area contributed by atoms with Crippen LogP contribution in [0.4, 0.5) is 25.3 Å². The molecule has 20 heteroatoms. The largest absolute Gasteiger partial charge is 0.496 e. The molecule has 0 unspecified atom stereocenters. The van der Waals surface area contributed by atoms with Gasteiger partial charge in [0.15, 0.2) is 0 Å². The molecule has 0 radical (unpaired) electrons. The number of ether oxygens (including phenoxy) is 4. The van der Waals surface area contributed by atoms with Gasteiger partial charge in [-0.05, 0) is 85.8 Å². The number of carboxylic acid groups (broad SMARTS) is 2. The van der Waals surface area contributed by atoms with Gasteiger partial charge in [0.25, 0.3) is 5.91 Å². The minimum absolute atomic E-state index is 0.0341. The van der Waals surface area contributed by atoms with Crippen molar-refractivity contribution in [1.82, 2.24) is 25.3 Å². The summed E-state index contributed by atoms with van der Waals surface area (Å²) >= 11 is 0. The van der Waals surface area contributed by atoms with Crippen LogP contribution in [-0.2, 0) is 40.2 Å². The standard InChI is InChI=1S/C52H57F2N7O11/c1-9-61(10-2)51-55-27-36(47(58-51)56-39(49(63)64)22-31-14-19-35(20-15-31)71-52(67)60(5)6)43-29(4)72-59-38(43)26-34-18-21-37(53)45(46(34)54)48(62)57-40(50(65)66)23-30-12-16-33(17-13-30)44-41(68-7)24-32(28-70-11-3)25-42(44)69-8/h12-21,24-25,27,39-40H,9-11,22-23,26,28H2,1-8H3,(H,57,62)(H,63,64)(H,65,66)(H,55,56,58)/t39-,40-/m0/s1. The summed E-state index contributed by atoms with van der Waals surface area (Å²) in [6, 6.07) is 16.0. The number of hydrogen-bond donors (Lipinski definition) is 4. The highest BCUT2D eigenvalue weighted by Crippen LogP contribution is 2.40. The van der Waals surface area contributed by atoms with Crippen molar-refractivity contribution in [1.29, 1.82) is 0 Å². The van der Waals surface area contributed by atoms with Crippen molar-refractivity contribution in [2.45, 2.75) is 65.6 Å². The lowest BCUT2D eigenvalue weighted by molar-refractivity contribution is -0.139. The van der Waals surface area contributed by atoms with E-state index in [-0.39, 0.29) is 64.9 Å². The molecule has 72 heavy (non-hydrogen) atoms. The molecule has 0 fully saturated rings. The molecule has 0 aliphatic rings. The number of rotatable bonds is 23. The molecule has 0 aliphatic carbocycles. The van der Waals surface area contributed by atoms with E-state index in [1.165, 1.54) is 25.3 Å². The fraction of sp³-hybridized carbons (Fsp3) is 0.327. The number of halogens is 2. The van der Waals surface area contributed by atoms with Crippen LogP contribution in [-0.4, -0.2) is 114 Å². The summed E-state index contributed by atoms with van der Waals surface area (Å²) in [6.07, 6.45) is 0.261. The molecule has 0 aliphatic heterocycles. The van der Waals surface area contributed by atoms with E-state index in [1.807, 2.05) is 37.8 Å². The number of nitrogens with one attached hydrogen (secondary N) is 2. The van der Waals surface area contributed by atoms with Gasteiger partial charge in [0, 0.05) is 64.8 Å². The molecule has 6 rings (SSSR count). The number of aromatic nitrogens is 3. The Morgan fingerprint density at radius 2 is 1.42 bits per heavy atom. The molecular weight excluding hydrogens is 937 g/mol. The minimum atomic E-state index is -1.59. The molecule has 18 nitrogen and oxygen atoms in total. The first kappa shape index (κ1) is 53.2. The lowest BCUT2D eigenvalue weighted by atomic mass is 9.97. The van der Waals surface area contributed by atoms with Crippen LogP contribution in [0.15, 0.2) is 83.5 Å². The van der Waals surface area contributed by atoms with Crippen LogP contribution < -0.4 is 29.7 Å². The van der Waals surface area contributed by atoms with Crippen LogP contribution in [0.25, 0.3) is 22.3 Å². The summed E-state index contributed by atoms with van der Waals surface area (Å²) in [5.41, 5.74) is 2.74. The first-order chi connectivity index (χ1) is 34.5. The molecule has 6 aromatic rings. The van der Waals surface area contributed by atoms with E-state index in [4.69, 9.17) is 28.5 Å². The maximum atomic E-state index is 16.5. The highest BCUT2D eigenvalue weighted by Gasteiger charge is 2.30. The Labute approximate surface area is 414 Å². The third-order valence-corrected chi connectivity index (χ3v) is 11.6. The van der Waals surface area contributed by atoms with Gasteiger partial charge in [-0.1, -0.05) is 47.6 Å². The van der Waals surface area contributed by atoms with Crippen LogP contribution >= 0.6 is 0 Å². The van der Waals surface area contributed by atoms with Crippen molar-refractivity contribution in [3.8, 4) is 39.5 Å². The molecule has 2 heterocycles. The number of carbonyl (C=O) groups is 4. The zero-order valence-corrected chi connectivity index (χ0v) is 41.2. The van der Waals surface area contributed by atoms with Crippen molar-refractivity contribution in [3.63, 3.8) is 0 Å². The molecular formula is C52H57F2N7O11. The summed E-state index contributed by atoms with van der Waals surface area (Å²) in [5, 5.41) is 30.1. The van der Waals surface area contributed by atoms with Gasteiger partial charge in [0.1, 0.15) is 58.1 Å². The molecule has 0 saturated carbocycles. The van der Waals surface area contributed by atoms with Crippen LogP contribution in [0.3, 0.4) is 0 Å². The zero-order valence-electron chi connectivity index (χ0n) is 41.2. The van der Waals surface area contributed by atoms with Crippen LogP contribution in [0.2, 0.25) is 0 Å². The maximum absolute atomic E-state index is 16.5. The predicted octanol–water partition coefficient (Wildman–Crippen LogP) is 7.97. The number of nitrogens with zero attached hydrogens (tertiary/aromatic N) is 5. The fourth-order valence-corrected chi connectivity index (χ4v) is 7.84. The van der Waals surface area contributed by atoms with E-state index in [9.17, 15) is 29.4 Å². The normalized spacial score (nSPS) is 11.9. The number of methoxy groups -OCH3 is 2. The van der Waals surface area contributed by atoms with Crippen molar-refractivity contribution >= 4 is 35.7 Å². The van der Waals surface area contributed by atoms with Crippen molar-refractivity contribution in [2.75, 3.05) is 58.2 Å². The molecule has 0 spiro atoms. The van der Waals surface area contributed by atoms with E-state index < -0.39 is 53.2 Å². The van der Waals surface area contributed by atoms with Gasteiger partial charge in [-0.3, -0.25) is 4.79 Å². The monoisotopic (exact) mass is 993 g/mol. The third-order valence-electron chi connectivity index (χ3n) is 11.6. The van der Waals surface area contributed by atoms with E-state index in [0.29, 0.717) is 60.1 Å². The van der Waals surface area contributed by atoms with Gasteiger partial charge in [-0.15, -0.1) is 0 Å². The smallest absolute Gasteiger partial charge is 0.414 e. The lowest BCUT2D eigenvalue weighted by Crippen LogP contribution is -2.43. The van der Waals surface area contributed by atoms with Gasteiger partial charge in [0.05, 0.1) is 37.6 Å². The average Bonchev–Trinajstić information content (AvgIpc) is 3.73. The topological polar surface area (TPSA) is 228 Å². The highest BCUT2D eigenvalue weighted by molar-refractivity contribution is 5.97. The van der Waals surface area contributed by atoms with Gasteiger partial charge in [-0.2, -0.15) is 4.98 Å². The van der Waals surface area contributed by atoms with Crippen molar-refractivity contribution in [2.24, 2.45) is 0 Å². The Morgan fingerprint density at radius 1 is 0.806 bits per heavy atom. The third kappa shape index (κ3) is 12.6. The van der Waals surface area contributed by atoms with Crippen LogP contribution in [0, 0.1) is 18.6 Å². The molecule has 4 aromatic carbocycles. The number of carbonyl (C=O) groups excluding carboxylic acids is 2. The number of aryl methyl sites for hydroxylation is 1. The second kappa shape index (κ2) is 24.1. The molecule has 2 atom stereocenters. The Kier molecular flexibility index (Phi) is 17.8. The van der Waals surface area contributed by atoms with E-state index in [0.717, 1.165) is 17.7 Å². The molecule has 0 saturated heterocycles. The van der Waals surface area contributed by atoms with Crippen LogP contribution in [0.5, 0.6) is 17.2 Å². The summed E-state index contributed by atoms with van der Waals surface area (Å²) in [4.78, 5) is 63.5. The second-order valence-corrected chi connectivity index (χ2v) is 16.7. The number of benzene rings is 4. The van der Waals surface area contributed by atoms with E-state index in [1.54, 1.807) is 69.6 Å². The number of anilines is 2. The van der Waals surface area contributed by atoms with Crippen molar-refractivity contribution < 1.29 is 61.6 Å². The Balaban J connectivity index is 1.25. The Bertz CT molecular complexity index is 2870. The Morgan fingerprint density at radius 3 is 1.99 bits per heavy atom. The number of amides is 2. The predicted molar refractivity (Wildman–Crippen MR) is 263 cm³/mol. The molecule has 2 aromatic heterocycles. The van der Waals surface area contributed by atoms with Gasteiger partial charge in [-0.25, -0.2) is 28.1 Å². The summed E-state index contributed by atoms with van der Waals surface area (Å²) in [5.74, 6) is -4.52. The molecule has 4 N–H and O–H groups in total. The first-order valence-electron chi connectivity index (χ1n) is 23.0. The number of carboxylic acids is 2. The highest BCUT2D eigenvalue weighted by atomic mass is 19.1. The van der Waals surface area contributed by atoms with E-state index in [2.05, 4.69) is 20.8 Å². The van der Waals surface area contributed by atoms with Gasteiger partial charge < -0.3 is 54.1 Å². The fourth-order valence-electron chi connectivity index (χ4n) is 7.84. The summed E-state index contributed by atoms with van der Waals surface area (Å²) in [6.45, 7) is 9.22. The molecule has 0 bridgehead atoms. The average molecular weight is 994 g/mol. The number of hydrogen-bond acceptors (Lipinski definition) is 14. The lowest BCUT2D eigenvalue weighted by Gasteiger charge is -2.22. The van der Waals surface area contributed by atoms with E-state index >= 15 is 8.78 Å². The summed E-state index contributed by atoms with van der Waals surface area (Å²) < 4.78 is 59.8. The quantitative estimate of drug-likeness (QED) is 0.0477. The SMILES string of the molecule is CCOCc1cc(OC)c(-c2ccc(C[C@H](NC(=O)c3c(F)ccc(Cc4noc(C)c4-c4cnc(N(CC)CC)nc4N[C@@H](Cc4ccc(OC(=O)N(C)C)cc4)C(=O)O)c3F)C(=O)O)cc2)c(OC)c1. The number of aliphatic carboxylic acids is 2. The zero-order chi connectivity index (χ0) is 52.2. The molecule has 2 amide bonds. The molecule has 380 valence electrons. The second-order valence-electron chi connectivity index (χ2n) is 16.7. The first-order valence-corrected chi connectivity index (χ1v) is 23.0. The summed E-state index contributed by atoms with van der Waals surface area (Å²) in [7, 11) is 6.15.